The molecule has 6 nitrogen and oxygen atoms in total. The molecule has 0 aromatic heterocycles. The number of carbonyl (C=O) groups is 1. The fraction of sp³-hybridized carbons (Fsp3) is 0.533. The highest BCUT2D eigenvalue weighted by atomic mass is 16.4. The van der Waals surface area contributed by atoms with E-state index < -0.39 is 18.6 Å². The summed E-state index contributed by atoms with van der Waals surface area (Å²) in [5, 5.41) is 30.1. The zero-order valence-corrected chi connectivity index (χ0v) is 12.9. The Morgan fingerprint density at radius 2 is 1.95 bits per heavy atom. The SMILES string of the molecule is CC(NCC(N)(CCCCB(O)O)C(=O)O)c1ccccc1. The van der Waals surface area contributed by atoms with Crippen molar-refractivity contribution in [3.8, 4) is 0 Å². The third-order valence-corrected chi connectivity index (χ3v) is 3.78. The van der Waals surface area contributed by atoms with Crippen LogP contribution in [0.2, 0.25) is 6.32 Å². The van der Waals surface area contributed by atoms with Crippen LogP contribution in [0.15, 0.2) is 30.3 Å². The highest BCUT2D eigenvalue weighted by Gasteiger charge is 2.33. The number of unbranched alkanes of at least 4 members (excludes halogenated alkanes) is 1. The molecule has 1 aromatic rings. The van der Waals surface area contributed by atoms with Crippen LogP contribution in [-0.2, 0) is 4.79 Å². The van der Waals surface area contributed by atoms with Gasteiger partial charge in [0.1, 0.15) is 5.54 Å². The van der Waals surface area contributed by atoms with Crippen LogP contribution in [0.4, 0.5) is 0 Å². The van der Waals surface area contributed by atoms with Crippen molar-refractivity contribution >= 4 is 13.1 Å². The smallest absolute Gasteiger partial charge is 0.451 e. The van der Waals surface area contributed by atoms with Crippen LogP contribution in [0.25, 0.3) is 0 Å². The Kier molecular flexibility index (Phi) is 7.54. The largest absolute Gasteiger partial charge is 0.480 e. The molecule has 0 heterocycles. The average molecular weight is 308 g/mol. The number of benzene rings is 1. The highest BCUT2D eigenvalue weighted by molar-refractivity contribution is 6.40. The monoisotopic (exact) mass is 308 g/mol. The summed E-state index contributed by atoms with van der Waals surface area (Å²) in [7, 11) is -1.35. The molecule has 2 atom stereocenters. The molecular formula is C15H25BN2O4. The van der Waals surface area contributed by atoms with E-state index in [1.54, 1.807) is 0 Å². The Hall–Kier alpha value is -1.41. The van der Waals surface area contributed by atoms with Gasteiger partial charge in [0.2, 0.25) is 0 Å². The van der Waals surface area contributed by atoms with Gasteiger partial charge in [0.05, 0.1) is 0 Å². The molecule has 0 radical (unpaired) electrons. The summed E-state index contributed by atoms with van der Waals surface area (Å²) < 4.78 is 0. The Bertz CT molecular complexity index is 458. The van der Waals surface area contributed by atoms with Crippen molar-refractivity contribution in [3.05, 3.63) is 35.9 Å². The van der Waals surface area contributed by atoms with Gasteiger partial charge in [-0.25, -0.2) is 0 Å². The molecule has 6 N–H and O–H groups in total. The predicted octanol–water partition coefficient (Wildman–Crippen LogP) is 0.762. The van der Waals surface area contributed by atoms with Crippen LogP contribution < -0.4 is 11.1 Å². The zero-order chi connectivity index (χ0) is 16.6. The molecule has 122 valence electrons. The third kappa shape index (κ3) is 6.15. The van der Waals surface area contributed by atoms with Gasteiger partial charge in [0.25, 0.3) is 0 Å². The van der Waals surface area contributed by atoms with Crippen LogP contribution >= 0.6 is 0 Å². The lowest BCUT2D eigenvalue weighted by molar-refractivity contribution is -0.143. The second kappa shape index (κ2) is 8.90. The van der Waals surface area contributed by atoms with E-state index in [9.17, 15) is 9.90 Å². The van der Waals surface area contributed by atoms with E-state index in [1.165, 1.54) is 0 Å². The van der Waals surface area contributed by atoms with Crippen LogP contribution in [-0.4, -0.2) is 40.3 Å². The minimum absolute atomic E-state index is 0.00254. The maximum atomic E-state index is 11.4. The number of hydrogen-bond acceptors (Lipinski definition) is 5. The Labute approximate surface area is 131 Å². The van der Waals surface area contributed by atoms with Gasteiger partial charge in [-0.05, 0) is 25.2 Å². The van der Waals surface area contributed by atoms with Gasteiger partial charge in [-0.15, -0.1) is 0 Å². The van der Waals surface area contributed by atoms with Gasteiger partial charge in [-0.2, -0.15) is 0 Å². The molecule has 1 rings (SSSR count). The molecule has 0 aliphatic heterocycles. The number of carboxylic acids is 1. The van der Waals surface area contributed by atoms with E-state index in [4.69, 9.17) is 15.8 Å². The lowest BCUT2D eigenvalue weighted by Crippen LogP contribution is -2.55. The molecule has 22 heavy (non-hydrogen) atoms. The molecule has 0 fully saturated rings. The summed E-state index contributed by atoms with van der Waals surface area (Å²) in [4.78, 5) is 11.4. The summed E-state index contributed by atoms with van der Waals surface area (Å²) in [5.41, 5.74) is 5.71. The van der Waals surface area contributed by atoms with Gasteiger partial charge in [0, 0.05) is 12.6 Å². The van der Waals surface area contributed by atoms with Crippen LogP contribution in [0.3, 0.4) is 0 Å². The van der Waals surface area contributed by atoms with Crippen molar-refractivity contribution in [2.75, 3.05) is 6.54 Å². The Morgan fingerprint density at radius 1 is 1.32 bits per heavy atom. The van der Waals surface area contributed by atoms with Gasteiger partial charge < -0.3 is 26.2 Å². The van der Waals surface area contributed by atoms with Crippen molar-refractivity contribution in [2.45, 2.75) is 44.1 Å². The first kappa shape index (κ1) is 18.6. The van der Waals surface area contributed by atoms with E-state index in [0.717, 1.165) is 5.56 Å². The second-order valence-electron chi connectivity index (χ2n) is 5.70. The molecule has 0 amide bonds. The van der Waals surface area contributed by atoms with E-state index >= 15 is 0 Å². The minimum atomic E-state index is -1.36. The molecular weight excluding hydrogens is 283 g/mol. The zero-order valence-electron chi connectivity index (χ0n) is 12.9. The number of hydrogen-bond donors (Lipinski definition) is 5. The third-order valence-electron chi connectivity index (χ3n) is 3.78. The lowest BCUT2D eigenvalue weighted by Gasteiger charge is -2.27. The number of nitrogens with one attached hydrogen (secondary N) is 1. The lowest BCUT2D eigenvalue weighted by atomic mass is 9.82. The molecule has 2 unspecified atom stereocenters. The first-order chi connectivity index (χ1) is 10.3. The fourth-order valence-electron chi connectivity index (χ4n) is 2.23. The van der Waals surface area contributed by atoms with Crippen molar-refractivity contribution in [2.24, 2.45) is 5.73 Å². The first-order valence-corrected chi connectivity index (χ1v) is 7.52. The predicted molar refractivity (Wildman–Crippen MR) is 86.3 cm³/mol. The maximum Gasteiger partial charge on any atom is 0.451 e. The van der Waals surface area contributed by atoms with E-state index in [2.05, 4.69) is 5.32 Å². The van der Waals surface area contributed by atoms with E-state index in [-0.39, 0.29) is 25.3 Å². The number of rotatable bonds is 10. The van der Waals surface area contributed by atoms with Crippen molar-refractivity contribution < 1.29 is 19.9 Å². The Morgan fingerprint density at radius 3 is 2.50 bits per heavy atom. The molecule has 0 aliphatic rings. The normalized spacial score (nSPS) is 15.1. The maximum absolute atomic E-state index is 11.4. The summed E-state index contributed by atoms with van der Waals surface area (Å²) in [6.07, 6.45) is 1.56. The van der Waals surface area contributed by atoms with Crippen molar-refractivity contribution in [1.29, 1.82) is 0 Å². The molecule has 0 spiro atoms. The summed E-state index contributed by atoms with van der Waals surface area (Å²) >= 11 is 0. The van der Waals surface area contributed by atoms with Gasteiger partial charge >= 0.3 is 13.1 Å². The first-order valence-electron chi connectivity index (χ1n) is 7.52. The molecule has 7 heteroatoms. The summed E-state index contributed by atoms with van der Waals surface area (Å²) in [6.45, 7) is 2.11. The molecule has 1 aromatic carbocycles. The summed E-state index contributed by atoms with van der Waals surface area (Å²) in [6, 6.07) is 9.73. The summed E-state index contributed by atoms with van der Waals surface area (Å²) in [5.74, 6) is -1.05. The minimum Gasteiger partial charge on any atom is -0.480 e. The number of nitrogens with two attached hydrogens (primary N) is 1. The van der Waals surface area contributed by atoms with Gasteiger partial charge in [-0.3, -0.25) is 4.79 Å². The topological polar surface area (TPSA) is 116 Å². The highest BCUT2D eigenvalue weighted by Crippen LogP contribution is 2.16. The molecule has 0 aliphatic carbocycles. The second-order valence-corrected chi connectivity index (χ2v) is 5.70. The molecule has 0 saturated carbocycles. The number of aliphatic carboxylic acids is 1. The van der Waals surface area contributed by atoms with Crippen LogP contribution in [0, 0.1) is 0 Å². The van der Waals surface area contributed by atoms with Gasteiger partial charge in [-0.1, -0.05) is 43.2 Å². The van der Waals surface area contributed by atoms with Crippen molar-refractivity contribution in [3.63, 3.8) is 0 Å². The average Bonchev–Trinajstić information content (AvgIpc) is 2.49. The van der Waals surface area contributed by atoms with Crippen LogP contribution in [0.5, 0.6) is 0 Å². The van der Waals surface area contributed by atoms with E-state index in [1.807, 2.05) is 37.3 Å². The number of carboxylic acid groups (broad SMARTS) is 1. The Balaban J connectivity index is 2.50. The van der Waals surface area contributed by atoms with E-state index in [0.29, 0.717) is 12.8 Å². The fourth-order valence-corrected chi connectivity index (χ4v) is 2.23. The molecule has 0 bridgehead atoms. The quantitative estimate of drug-likeness (QED) is 0.322. The van der Waals surface area contributed by atoms with Crippen LogP contribution in [0.1, 0.15) is 37.8 Å². The molecule has 0 saturated heterocycles. The standard InChI is InChI=1S/C15H25BN2O4/c1-12(13-7-3-2-4-8-13)18-11-15(17,14(19)20)9-5-6-10-16(21)22/h2-4,7-8,12,18,21-22H,5-6,9-11,17H2,1H3,(H,19,20). The van der Waals surface area contributed by atoms with Crippen molar-refractivity contribution in [1.82, 2.24) is 5.32 Å². The van der Waals surface area contributed by atoms with Gasteiger partial charge in [0.15, 0.2) is 0 Å².